The van der Waals surface area contributed by atoms with Crippen LogP contribution in [0.1, 0.15) is 37.6 Å². The maximum absolute atomic E-state index is 8.57. The van der Waals surface area contributed by atoms with Crippen LogP contribution in [-0.2, 0) is 12.5 Å². The quantitative estimate of drug-likeness (QED) is 0.533. The lowest BCUT2D eigenvalue weighted by molar-refractivity contribution is -0.665. The zero-order valence-corrected chi connectivity index (χ0v) is 13.9. The molecule has 0 saturated heterocycles. The van der Waals surface area contributed by atoms with E-state index in [1.807, 2.05) is 6.92 Å². The summed E-state index contributed by atoms with van der Waals surface area (Å²) in [5, 5.41) is 2.31. The van der Waals surface area contributed by atoms with Crippen LogP contribution in [-0.4, -0.2) is 0 Å². The smallest absolute Gasteiger partial charge is 0.198 e. The molecule has 2 aromatic carbocycles. The number of benzene rings is 2. The first kappa shape index (κ1) is 12.4. The molecule has 0 atom stereocenters. The Morgan fingerprint density at radius 2 is 1.68 bits per heavy atom. The van der Waals surface area contributed by atoms with E-state index in [0.717, 1.165) is 11.1 Å². The molecule has 1 aliphatic carbocycles. The standard InChI is InChI=1S/C21H22N/c1-13-8-6-10-16-18(13)20-19-15(12-14(2)22(20)5)9-7-11-17(19)21(16,3)4/h6-12H,1-5H3/q+1/i12D. The normalized spacial score (nSPS) is 15.6. The molecule has 0 amide bonds. The molecule has 0 aliphatic heterocycles. The van der Waals surface area contributed by atoms with Gasteiger partial charge in [-0.25, -0.2) is 0 Å². The van der Waals surface area contributed by atoms with Gasteiger partial charge in [-0.15, -0.1) is 0 Å². The van der Waals surface area contributed by atoms with E-state index < -0.39 is 0 Å². The summed E-state index contributed by atoms with van der Waals surface area (Å²) in [6, 6.07) is 13.7. The molecule has 0 bridgehead atoms. The Morgan fingerprint density at radius 3 is 2.45 bits per heavy atom. The molecule has 0 fully saturated rings. The highest BCUT2D eigenvalue weighted by atomic mass is 14.9. The van der Waals surface area contributed by atoms with Gasteiger partial charge in [-0.3, -0.25) is 0 Å². The van der Waals surface area contributed by atoms with Gasteiger partial charge in [0, 0.05) is 18.4 Å². The third kappa shape index (κ3) is 1.51. The average molecular weight is 289 g/mol. The first-order valence-corrected chi connectivity index (χ1v) is 7.88. The van der Waals surface area contributed by atoms with Crippen LogP contribution in [0, 0.1) is 13.8 Å². The zero-order valence-electron chi connectivity index (χ0n) is 14.9. The Labute approximate surface area is 133 Å². The predicted octanol–water partition coefficient (Wildman–Crippen LogP) is 4.59. The van der Waals surface area contributed by atoms with E-state index in [1.54, 1.807) is 0 Å². The van der Waals surface area contributed by atoms with Gasteiger partial charge in [0.2, 0.25) is 5.69 Å². The van der Waals surface area contributed by atoms with Crippen molar-refractivity contribution in [1.29, 1.82) is 0 Å². The van der Waals surface area contributed by atoms with Gasteiger partial charge in [0.05, 0.1) is 12.3 Å². The molecule has 0 spiro atoms. The van der Waals surface area contributed by atoms with Gasteiger partial charge in [0.25, 0.3) is 0 Å². The van der Waals surface area contributed by atoms with Crippen molar-refractivity contribution in [3.63, 3.8) is 0 Å². The molecule has 1 aliphatic rings. The maximum atomic E-state index is 8.57. The van der Waals surface area contributed by atoms with Crippen LogP contribution in [0.4, 0.5) is 0 Å². The van der Waals surface area contributed by atoms with Crippen LogP contribution in [0.3, 0.4) is 0 Å². The minimum absolute atomic E-state index is 0.0530. The second-order valence-electron chi connectivity index (χ2n) is 6.97. The molecule has 4 rings (SSSR count). The fraction of sp³-hybridized carbons (Fsp3) is 0.286. The number of fused-ring (bicyclic) bond motifs is 2. The lowest BCUT2D eigenvalue weighted by atomic mass is 9.69. The summed E-state index contributed by atoms with van der Waals surface area (Å²) in [6.45, 7) is 8.83. The maximum Gasteiger partial charge on any atom is 0.221 e. The molecule has 110 valence electrons. The third-order valence-electron chi connectivity index (χ3n) is 5.31. The number of pyridine rings is 1. The van der Waals surface area contributed by atoms with Crippen molar-refractivity contribution >= 4 is 10.8 Å². The second-order valence-corrected chi connectivity index (χ2v) is 6.97. The summed E-state index contributed by atoms with van der Waals surface area (Å²) in [5.41, 5.74) is 7.57. The molecule has 1 nitrogen and oxygen atoms in total. The number of hydrogen-bond donors (Lipinski definition) is 0. The number of aromatic nitrogens is 1. The lowest BCUT2D eigenvalue weighted by Crippen LogP contribution is -2.38. The van der Waals surface area contributed by atoms with Crippen molar-refractivity contribution in [3.8, 4) is 11.3 Å². The van der Waals surface area contributed by atoms with Crippen LogP contribution in [0.5, 0.6) is 0 Å². The molecule has 3 aromatic rings. The van der Waals surface area contributed by atoms with Crippen LogP contribution in [0.15, 0.2) is 42.4 Å². The first-order chi connectivity index (χ1) is 10.9. The van der Waals surface area contributed by atoms with Crippen LogP contribution < -0.4 is 4.57 Å². The van der Waals surface area contributed by atoms with Crippen molar-refractivity contribution in [1.82, 2.24) is 0 Å². The lowest BCUT2D eigenvalue weighted by Gasteiger charge is -2.34. The zero-order chi connectivity index (χ0) is 16.5. The topological polar surface area (TPSA) is 3.88 Å². The number of rotatable bonds is 0. The minimum atomic E-state index is -0.0530. The molecule has 1 aromatic heterocycles. The van der Waals surface area contributed by atoms with Crippen LogP contribution in [0.2, 0.25) is 0 Å². The van der Waals surface area contributed by atoms with Crippen LogP contribution in [0.25, 0.3) is 22.0 Å². The van der Waals surface area contributed by atoms with E-state index in [1.165, 1.54) is 33.3 Å². The van der Waals surface area contributed by atoms with Gasteiger partial charge in [-0.05, 0) is 29.0 Å². The van der Waals surface area contributed by atoms with Gasteiger partial charge in [0.1, 0.15) is 7.05 Å². The summed E-state index contributed by atoms with van der Waals surface area (Å²) in [4.78, 5) is 0. The fourth-order valence-electron chi connectivity index (χ4n) is 3.99. The predicted molar refractivity (Wildman–Crippen MR) is 92.2 cm³/mol. The summed E-state index contributed by atoms with van der Waals surface area (Å²) in [5.74, 6) is 0. The van der Waals surface area contributed by atoms with Gasteiger partial charge in [-0.2, -0.15) is 4.57 Å². The monoisotopic (exact) mass is 289 g/mol. The molecule has 0 radical (unpaired) electrons. The molecule has 0 saturated carbocycles. The molecule has 22 heavy (non-hydrogen) atoms. The Balaban J connectivity index is 2.37. The van der Waals surface area contributed by atoms with Gasteiger partial charge < -0.3 is 0 Å². The Hall–Kier alpha value is -2.15. The fourth-order valence-corrected chi connectivity index (χ4v) is 3.99. The highest BCUT2D eigenvalue weighted by molar-refractivity contribution is 6.00. The molecule has 0 unspecified atom stereocenters. The Morgan fingerprint density at radius 1 is 1.00 bits per heavy atom. The number of hydrogen-bond acceptors (Lipinski definition) is 0. The molecule has 1 heterocycles. The van der Waals surface area contributed by atoms with Crippen molar-refractivity contribution < 1.29 is 5.94 Å². The summed E-state index contributed by atoms with van der Waals surface area (Å²) < 4.78 is 10.8. The largest absolute Gasteiger partial charge is 0.221 e. The van der Waals surface area contributed by atoms with Crippen molar-refractivity contribution in [2.75, 3.05) is 0 Å². The SMILES string of the molecule is [2H]c1c(C)[n+](C)c2c3c(cccc13)C(C)(C)c1cccc(C)c1-2. The molecule has 1 heteroatoms. The van der Waals surface area contributed by atoms with E-state index in [2.05, 4.69) is 68.8 Å². The van der Waals surface area contributed by atoms with E-state index in [0.29, 0.717) is 6.04 Å². The number of nitrogens with zero attached hydrogens (tertiary/aromatic N) is 1. The van der Waals surface area contributed by atoms with E-state index in [9.17, 15) is 0 Å². The van der Waals surface area contributed by atoms with Gasteiger partial charge in [-0.1, -0.05) is 50.2 Å². The van der Waals surface area contributed by atoms with Crippen molar-refractivity contribution in [2.45, 2.75) is 33.1 Å². The van der Waals surface area contributed by atoms with Crippen molar-refractivity contribution in [2.24, 2.45) is 7.05 Å². The van der Waals surface area contributed by atoms with Crippen LogP contribution >= 0.6 is 0 Å². The summed E-state index contributed by atoms with van der Waals surface area (Å²) in [7, 11) is 2.09. The first-order valence-electron chi connectivity index (χ1n) is 8.38. The minimum Gasteiger partial charge on any atom is -0.198 e. The Bertz CT molecular complexity index is 983. The van der Waals surface area contributed by atoms with E-state index in [4.69, 9.17) is 1.37 Å². The molecular formula is C21H22N+. The highest BCUT2D eigenvalue weighted by Gasteiger charge is 2.38. The average Bonchev–Trinajstić information content (AvgIpc) is 2.53. The van der Waals surface area contributed by atoms with Gasteiger partial charge in [0.15, 0.2) is 5.69 Å². The third-order valence-corrected chi connectivity index (χ3v) is 5.31. The van der Waals surface area contributed by atoms with E-state index in [-0.39, 0.29) is 5.41 Å². The van der Waals surface area contributed by atoms with Gasteiger partial charge >= 0.3 is 0 Å². The molecule has 0 N–H and O–H groups in total. The highest BCUT2D eigenvalue weighted by Crippen LogP contribution is 2.48. The summed E-state index contributed by atoms with van der Waals surface area (Å²) >= 11 is 0. The Kier molecular flexibility index (Phi) is 2.36. The van der Waals surface area contributed by atoms with E-state index >= 15 is 0 Å². The number of aryl methyl sites for hydroxylation is 1. The van der Waals surface area contributed by atoms with Crippen molar-refractivity contribution in [3.05, 3.63) is 64.8 Å². The summed E-state index contributed by atoms with van der Waals surface area (Å²) in [6.07, 6.45) is 0. The molecular weight excluding hydrogens is 266 g/mol. The second kappa shape index (κ2) is 4.19.